The predicted molar refractivity (Wildman–Crippen MR) is 114 cm³/mol. The summed E-state index contributed by atoms with van der Waals surface area (Å²) in [6, 6.07) is 16.7. The molecule has 0 aliphatic heterocycles. The molecule has 0 radical (unpaired) electrons. The lowest BCUT2D eigenvalue weighted by molar-refractivity contribution is -0.136. The number of nitrogens with one attached hydrogen (secondary N) is 2. The summed E-state index contributed by atoms with van der Waals surface area (Å²) in [5, 5.41) is 15.1. The van der Waals surface area contributed by atoms with E-state index in [2.05, 4.69) is 27.8 Å². The van der Waals surface area contributed by atoms with Crippen LogP contribution in [0.4, 0.5) is 5.69 Å². The average Bonchev–Trinajstić information content (AvgIpc) is 3.09. The highest BCUT2D eigenvalue weighted by Gasteiger charge is 2.16. The number of nitrogens with zero attached hydrogens (tertiary/aromatic N) is 2. The van der Waals surface area contributed by atoms with Crippen molar-refractivity contribution < 1.29 is 9.59 Å². The maximum atomic E-state index is 12.1. The van der Waals surface area contributed by atoms with E-state index < -0.39 is 11.8 Å². The average molecular weight is 404 g/mol. The molecule has 29 heavy (non-hydrogen) atoms. The molecule has 0 saturated heterocycles. The number of amides is 2. The first-order valence-electron chi connectivity index (χ1n) is 9.09. The Morgan fingerprint density at radius 3 is 2.52 bits per heavy atom. The highest BCUT2D eigenvalue weighted by Crippen LogP contribution is 2.28. The second-order valence-electron chi connectivity index (χ2n) is 6.51. The highest BCUT2D eigenvalue weighted by atomic mass is 32.1. The topological polar surface area (TPSA) is 94.9 Å². The summed E-state index contributed by atoms with van der Waals surface area (Å²) in [4.78, 5) is 29.8. The molecule has 0 bridgehead atoms. The molecule has 0 aliphatic carbocycles. The van der Waals surface area contributed by atoms with E-state index in [9.17, 15) is 9.59 Å². The van der Waals surface area contributed by atoms with Gasteiger partial charge in [0.2, 0.25) is 0 Å². The van der Waals surface area contributed by atoms with E-state index >= 15 is 0 Å². The maximum Gasteiger partial charge on any atom is 0.313 e. The molecule has 0 atom stereocenters. The zero-order valence-electron chi connectivity index (χ0n) is 16.2. The van der Waals surface area contributed by atoms with E-state index in [0.29, 0.717) is 24.2 Å². The van der Waals surface area contributed by atoms with E-state index in [1.165, 1.54) is 5.56 Å². The van der Waals surface area contributed by atoms with E-state index in [4.69, 9.17) is 5.26 Å². The van der Waals surface area contributed by atoms with Crippen LogP contribution in [0.3, 0.4) is 0 Å². The third-order valence-electron chi connectivity index (χ3n) is 4.33. The van der Waals surface area contributed by atoms with Crippen molar-refractivity contribution in [1.82, 2.24) is 10.3 Å². The van der Waals surface area contributed by atoms with Gasteiger partial charge in [-0.05, 0) is 26.0 Å². The molecular weight excluding hydrogens is 384 g/mol. The summed E-state index contributed by atoms with van der Waals surface area (Å²) in [5.41, 5.74) is 3.80. The van der Waals surface area contributed by atoms with Gasteiger partial charge in [-0.1, -0.05) is 42.0 Å². The normalized spacial score (nSPS) is 10.2. The number of nitriles is 1. The van der Waals surface area contributed by atoms with Gasteiger partial charge in [-0.25, -0.2) is 4.98 Å². The van der Waals surface area contributed by atoms with Gasteiger partial charge < -0.3 is 10.6 Å². The van der Waals surface area contributed by atoms with Crippen molar-refractivity contribution in [2.75, 3.05) is 11.9 Å². The molecule has 1 heterocycles. The van der Waals surface area contributed by atoms with Gasteiger partial charge in [-0.15, -0.1) is 11.3 Å². The molecule has 0 spiro atoms. The first-order chi connectivity index (χ1) is 14.0. The molecule has 2 aromatic carbocycles. The molecule has 2 amide bonds. The first kappa shape index (κ1) is 20.2. The Hall–Kier alpha value is -3.50. The minimum Gasteiger partial charge on any atom is -0.347 e. The van der Waals surface area contributed by atoms with E-state index in [1.807, 2.05) is 32.0 Å². The molecule has 0 unspecified atom stereocenters. The van der Waals surface area contributed by atoms with Crippen LogP contribution in [0.5, 0.6) is 0 Å². The predicted octanol–water partition coefficient (Wildman–Crippen LogP) is 3.60. The van der Waals surface area contributed by atoms with Gasteiger partial charge in [0.05, 0.1) is 16.9 Å². The molecule has 6 nitrogen and oxygen atoms in total. The Kier molecular flexibility index (Phi) is 6.37. The van der Waals surface area contributed by atoms with Crippen molar-refractivity contribution in [1.29, 1.82) is 5.26 Å². The SMILES string of the molecule is Cc1ccc(-c2nc(C)c(CCNC(=O)C(=O)Nc3ccccc3C#N)s2)cc1. The van der Waals surface area contributed by atoms with Crippen molar-refractivity contribution in [3.05, 3.63) is 70.2 Å². The molecule has 3 rings (SSSR count). The lowest BCUT2D eigenvalue weighted by Crippen LogP contribution is -2.36. The fourth-order valence-corrected chi connectivity index (χ4v) is 3.79. The Balaban J connectivity index is 1.56. The third-order valence-corrected chi connectivity index (χ3v) is 5.60. The van der Waals surface area contributed by atoms with Crippen LogP contribution in [-0.2, 0) is 16.0 Å². The largest absolute Gasteiger partial charge is 0.347 e. The van der Waals surface area contributed by atoms with Gasteiger partial charge in [0.1, 0.15) is 11.1 Å². The summed E-state index contributed by atoms with van der Waals surface area (Å²) in [7, 11) is 0. The second-order valence-corrected chi connectivity index (χ2v) is 7.59. The van der Waals surface area contributed by atoms with Crippen LogP contribution >= 0.6 is 11.3 Å². The van der Waals surface area contributed by atoms with Gasteiger partial charge in [-0.3, -0.25) is 9.59 Å². The number of anilines is 1. The quantitative estimate of drug-likeness (QED) is 0.635. The molecule has 7 heteroatoms. The fraction of sp³-hybridized carbons (Fsp3) is 0.182. The molecule has 0 aliphatic rings. The van der Waals surface area contributed by atoms with Gasteiger partial charge in [0.15, 0.2) is 0 Å². The summed E-state index contributed by atoms with van der Waals surface area (Å²) < 4.78 is 0. The van der Waals surface area contributed by atoms with E-state index in [-0.39, 0.29) is 0 Å². The van der Waals surface area contributed by atoms with Crippen molar-refractivity contribution >= 4 is 28.8 Å². The monoisotopic (exact) mass is 404 g/mol. The number of carbonyl (C=O) groups excluding carboxylic acids is 2. The van der Waals surface area contributed by atoms with Crippen molar-refractivity contribution in [3.63, 3.8) is 0 Å². The van der Waals surface area contributed by atoms with Gasteiger partial charge in [0.25, 0.3) is 0 Å². The van der Waals surface area contributed by atoms with Crippen LogP contribution in [0.15, 0.2) is 48.5 Å². The summed E-state index contributed by atoms with van der Waals surface area (Å²) in [6.07, 6.45) is 0.586. The molecule has 0 fully saturated rings. The van der Waals surface area contributed by atoms with E-state index in [1.54, 1.807) is 35.6 Å². The summed E-state index contributed by atoms with van der Waals surface area (Å²) in [6.45, 7) is 4.31. The van der Waals surface area contributed by atoms with Crippen molar-refractivity contribution in [2.45, 2.75) is 20.3 Å². The van der Waals surface area contributed by atoms with Crippen LogP contribution in [0, 0.1) is 25.2 Å². The number of hydrogen-bond donors (Lipinski definition) is 2. The van der Waals surface area contributed by atoms with E-state index in [0.717, 1.165) is 21.1 Å². The number of thiazole rings is 1. The Bertz CT molecular complexity index is 1080. The van der Waals surface area contributed by atoms with Crippen LogP contribution in [0.25, 0.3) is 10.6 Å². The maximum absolute atomic E-state index is 12.1. The molecule has 3 aromatic rings. The van der Waals surface area contributed by atoms with Crippen molar-refractivity contribution in [3.8, 4) is 16.6 Å². The van der Waals surface area contributed by atoms with Gasteiger partial charge in [0, 0.05) is 23.4 Å². The Morgan fingerprint density at radius 1 is 1.07 bits per heavy atom. The highest BCUT2D eigenvalue weighted by molar-refractivity contribution is 7.15. The first-order valence-corrected chi connectivity index (χ1v) is 9.91. The number of rotatable bonds is 5. The number of hydrogen-bond acceptors (Lipinski definition) is 5. The number of aryl methyl sites for hydroxylation is 2. The van der Waals surface area contributed by atoms with Crippen LogP contribution in [0.2, 0.25) is 0 Å². The standard InChI is InChI=1S/C22H20N4O2S/c1-14-7-9-16(10-8-14)22-25-15(2)19(29-22)11-12-24-20(27)21(28)26-18-6-4-3-5-17(18)13-23/h3-10H,11-12H2,1-2H3,(H,24,27)(H,26,28). The number of carbonyl (C=O) groups is 2. The van der Waals surface area contributed by atoms with Crippen LogP contribution in [-0.4, -0.2) is 23.3 Å². The minimum absolute atomic E-state index is 0.303. The third kappa shape index (κ3) is 5.06. The van der Waals surface area contributed by atoms with Crippen molar-refractivity contribution in [2.24, 2.45) is 0 Å². The molecular formula is C22H20N4O2S. The van der Waals surface area contributed by atoms with Crippen LogP contribution in [0.1, 0.15) is 21.7 Å². The van der Waals surface area contributed by atoms with Crippen LogP contribution < -0.4 is 10.6 Å². The summed E-state index contributed by atoms with van der Waals surface area (Å²) >= 11 is 1.59. The molecule has 2 N–H and O–H groups in total. The minimum atomic E-state index is -0.797. The lowest BCUT2D eigenvalue weighted by Gasteiger charge is -2.07. The molecule has 0 saturated carbocycles. The zero-order chi connectivity index (χ0) is 20.8. The number of benzene rings is 2. The number of para-hydroxylation sites is 1. The molecule has 1 aromatic heterocycles. The fourth-order valence-electron chi connectivity index (χ4n) is 2.72. The van der Waals surface area contributed by atoms with Gasteiger partial charge >= 0.3 is 11.8 Å². The lowest BCUT2D eigenvalue weighted by atomic mass is 10.2. The summed E-state index contributed by atoms with van der Waals surface area (Å²) in [5.74, 6) is -1.53. The Labute approximate surface area is 173 Å². The number of aromatic nitrogens is 1. The molecule has 146 valence electrons. The Morgan fingerprint density at radius 2 is 1.79 bits per heavy atom. The zero-order valence-corrected chi connectivity index (χ0v) is 17.0. The smallest absolute Gasteiger partial charge is 0.313 e. The second kappa shape index (κ2) is 9.13. The van der Waals surface area contributed by atoms with Gasteiger partial charge in [-0.2, -0.15) is 5.26 Å².